The van der Waals surface area contributed by atoms with E-state index in [1.165, 1.54) is 0 Å². The predicted octanol–water partition coefficient (Wildman–Crippen LogP) is 2.04. The fourth-order valence-corrected chi connectivity index (χ4v) is 3.14. The SMILES string of the molecule is CCOC1CC(N)(C(=O)NCC(=O)Nc2ccc(Br)cc2)C1(C)C. The van der Waals surface area contributed by atoms with Crippen molar-refractivity contribution in [2.45, 2.75) is 38.8 Å². The van der Waals surface area contributed by atoms with Gasteiger partial charge in [-0.1, -0.05) is 29.8 Å². The number of carbonyl (C=O) groups is 2. The van der Waals surface area contributed by atoms with Gasteiger partial charge >= 0.3 is 0 Å². The van der Waals surface area contributed by atoms with E-state index < -0.39 is 11.0 Å². The molecule has 1 aromatic carbocycles. The second-order valence-corrected chi connectivity index (χ2v) is 7.49. The summed E-state index contributed by atoms with van der Waals surface area (Å²) in [6, 6.07) is 7.20. The quantitative estimate of drug-likeness (QED) is 0.684. The third-order valence-corrected chi connectivity index (χ3v) is 5.30. The Bertz CT molecular complexity index is 618. The number of rotatable bonds is 6. The van der Waals surface area contributed by atoms with Gasteiger partial charge in [0.05, 0.1) is 12.6 Å². The van der Waals surface area contributed by atoms with Crippen LogP contribution in [0.3, 0.4) is 0 Å². The van der Waals surface area contributed by atoms with Gasteiger partial charge in [-0.15, -0.1) is 0 Å². The largest absolute Gasteiger partial charge is 0.378 e. The number of carbonyl (C=O) groups excluding carboxylic acids is 2. The lowest BCUT2D eigenvalue weighted by molar-refractivity contribution is -0.170. The number of ether oxygens (including phenoxy) is 1. The summed E-state index contributed by atoms with van der Waals surface area (Å²) in [5, 5.41) is 5.36. The summed E-state index contributed by atoms with van der Waals surface area (Å²) in [5.41, 5.74) is 5.44. The van der Waals surface area contributed by atoms with Crippen molar-refractivity contribution < 1.29 is 14.3 Å². The van der Waals surface area contributed by atoms with Crippen molar-refractivity contribution >= 4 is 33.4 Å². The minimum Gasteiger partial charge on any atom is -0.378 e. The zero-order valence-electron chi connectivity index (χ0n) is 14.2. The first-order valence-electron chi connectivity index (χ1n) is 7.95. The van der Waals surface area contributed by atoms with Gasteiger partial charge in [0.2, 0.25) is 11.8 Å². The van der Waals surface area contributed by atoms with Gasteiger partial charge in [-0.2, -0.15) is 0 Å². The molecule has 24 heavy (non-hydrogen) atoms. The van der Waals surface area contributed by atoms with Crippen LogP contribution in [0, 0.1) is 5.41 Å². The molecule has 2 unspecified atom stereocenters. The van der Waals surface area contributed by atoms with Gasteiger partial charge in [0.1, 0.15) is 5.54 Å². The lowest BCUT2D eigenvalue weighted by atomic mass is 9.54. The van der Waals surface area contributed by atoms with Crippen LogP contribution in [0.4, 0.5) is 5.69 Å². The van der Waals surface area contributed by atoms with Crippen molar-refractivity contribution in [1.29, 1.82) is 0 Å². The van der Waals surface area contributed by atoms with Gasteiger partial charge in [-0.25, -0.2) is 0 Å². The van der Waals surface area contributed by atoms with Gasteiger partial charge in [0.25, 0.3) is 0 Å². The number of amides is 2. The molecule has 132 valence electrons. The summed E-state index contributed by atoms with van der Waals surface area (Å²) in [7, 11) is 0. The molecule has 1 fully saturated rings. The fraction of sp³-hybridized carbons (Fsp3) is 0.529. The fourth-order valence-electron chi connectivity index (χ4n) is 2.88. The van der Waals surface area contributed by atoms with Crippen molar-refractivity contribution in [3.63, 3.8) is 0 Å². The van der Waals surface area contributed by atoms with Crippen molar-refractivity contribution in [3.05, 3.63) is 28.7 Å². The van der Waals surface area contributed by atoms with E-state index in [0.29, 0.717) is 18.7 Å². The Balaban J connectivity index is 1.86. The van der Waals surface area contributed by atoms with Crippen molar-refractivity contribution in [2.24, 2.45) is 11.1 Å². The van der Waals surface area contributed by atoms with E-state index in [2.05, 4.69) is 26.6 Å². The molecule has 0 saturated heterocycles. The summed E-state index contributed by atoms with van der Waals surface area (Å²) in [6.45, 7) is 6.21. The lowest BCUT2D eigenvalue weighted by Gasteiger charge is -2.57. The monoisotopic (exact) mass is 397 g/mol. The maximum atomic E-state index is 12.4. The second-order valence-electron chi connectivity index (χ2n) is 6.58. The molecule has 4 N–H and O–H groups in total. The molecule has 0 aromatic heterocycles. The van der Waals surface area contributed by atoms with Crippen LogP contribution in [0.2, 0.25) is 0 Å². The molecule has 0 bridgehead atoms. The second kappa shape index (κ2) is 7.21. The van der Waals surface area contributed by atoms with Crippen LogP contribution in [-0.2, 0) is 14.3 Å². The predicted molar refractivity (Wildman–Crippen MR) is 96.5 cm³/mol. The highest BCUT2D eigenvalue weighted by Crippen LogP contribution is 2.49. The normalized spacial score (nSPS) is 24.8. The molecular weight excluding hydrogens is 374 g/mol. The summed E-state index contributed by atoms with van der Waals surface area (Å²) < 4.78 is 6.54. The van der Waals surface area contributed by atoms with E-state index in [9.17, 15) is 9.59 Å². The Morgan fingerprint density at radius 3 is 2.50 bits per heavy atom. The van der Waals surface area contributed by atoms with Gasteiger partial charge in [0, 0.05) is 28.6 Å². The number of hydrogen-bond donors (Lipinski definition) is 3. The highest BCUT2D eigenvalue weighted by Gasteiger charge is 2.62. The summed E-state index contributed by atoms with van der Waals surface area (Å²) >= 11 is 3.33. The third kappa shape index (κ3) is 3.63. The Morgan fingerprint density at radius 1 is 1.33 bits per heavy atom. The van der Waals surface area contributed by atoms with Crippen LogP contribution in [0.1, 0.15) is 27.2 Å². The molecule has 1 aliphatic carbocycles. The topological polar surface area (TPSA) is 93.4 Å². The Hall–Kier alpha value is -1.44. The molecule has 2 amide bonds. The van der Waals surface area contributed by atoms with E-state index in [1.54, 1.807) is 12.1 Å². The Kier molecular flexibility index (Phi) is 5.67. The number of halogens is 1. The van der Waals surface area contributed by atoms with Crippen LogP contribution >= 0.6 is 15.9 Å². The minimum absolute atomic E-state index is 0.0464. The number of nitrogens with one attached hydrogen (secondary N) is 2. The van der Waals surface area contributed by atoms with Crippen LogP contribution in [-0.4, -0.2) is 36.6 Å². The highest BCUT2D eigenvalue weighted by atomic mass is 79.9. The molecule has 2 atom stereocenters. The van der Waals surface area contributed by atoms with Gasteiger partial charge in [-0.05, 0) is 31.2 Å². The standard InChI is InChI=1S/C17H24BrN3O3/c1-4-24-13-9-17(19,16(13,2)3)15(23)20-10-14(22)21-12-7-5-11(18)6-8-12/h5-8,13H,4,9-10,19H2,1-3H3,(H,20,23)(H,21,22). The van der Waals surface area contributed by atoms with Crippen LogP contribution in [0.5, 0.6) is 0 Å². The number of nitrogens with two attached hydrogens (primary N) is 1. The van der Waals surface area contributed by atoms with E-state index in [-0.39, 0.29) is 24.5 Å². The van der Waals surface area contributed by atoms with Crippen molar-refractivity contribution in [2.75, 3.05) is 18.5 Å². The summed E-state index contributed by atoms with van der Waals surface area (Å²) in [6.07, 6.45) is 0.406. The van der Waals surface area contributed by atoms with Gasteiger partial charge in [0.15, 0.2) is 0 Å². The van der Waals surface area contributed by atoms with Crippen LogP contribution in [0.25, 0.3) is 0 Å². The lowest BCUT2D eigenvalue weighted by Crippen LogP contribution is -2.76. The van der Waals surface area contributed by atoms with E-state index in [1.807, 2.05) is 32.9 Å². The average Bonchev–Trinajstić information content (AvgIpc) is 2.54. The smallest absolute Gasteiger partial charge is 0.243 e. The molecule has 0 aliphatic heterocycles. The first-order chi connectivity index (χ1) is 11.2. The maximum absolute atomic E-state index is 12.4. The highest BCUT2D eigenvalue weighted by molar-refractivity contribution is 9.10. The first-order valence-corrected chi connectivity index (χ1v) is 8.74. The van der Waals surface area contributed by atoms with Crippen molar-refractivity contribution in [3.8, 4) is 0 Å². The van der Waals surface area contributed by atoms with E-state index in [4.69, 9.17) is 10.5 Å². The molecule has 6 nitrogen and oxygen atoms in total. The summed E-state index contributed by atoms with van der Waals surface area (Å²) in [4.78, 5) is 24.4. The van der Waals surface area contributed by atoms with Crippen LogP contribution in [0.15, 0.2) is 28.7 Å². The van der Waals surface area contributed by atoms with Crippen molar-refractivity contribution in [1.82, 2.24) is 5.32 Å². The van der Waals surface area contributed by atoms with E-state index >= 15 is 0 Å². The molecule has 1 aliphatic rings. The molecule has 0 spiro atoms. The average molecular weight is 398 g/mol. The molecule has 1 aromatic rings. The zero-order valence-corrected chi connectivity index (χ0v) is 15.8. The Morgan fingerprint density at radius 2 is 1.96 bits per heavy atom. The maximum Gasteiger partial charge on any atom is 0.243 e. The molecule has 1 saturated carbocycles. The van der Waals surface area contributed by atoms with Crippen LogP contribution < -0.4 is 16.4 Å². The number of anilines is 1. The number of benzene rings is 1. The molecule has 2 rings (SSSR count). The minimum atomic E-state index is -1.02. The Labute approximate surface area is 150 Å². The zero-order chi connectivity index (χ0) is 18.0. The number of hydrogen-bond acceptors (Lipinski definition) is 4. The molecule has 7 heteroatoms. The molecular formula is C17H24BrN3O3. The summed E-state index contributed by atoms with van der Waals surface area (Å²) in [5.74, 6) is -0.623. The molecule has 0 radical (unpaired) electrons. The van der Waals surface area contributed by atoms with E-state index in [0.717, 1.165) is 4.47 Å². The third-order valence-electron chi connectivity index (χ3n) is 4.77. The van der Waals surface area contributed by atoms with Gasteiger partial charge < -0.3 is 21.1 Å². The van der Waals surface area contributed by atoms with Gasteiger partial charge in [-0.3, -0.25) is 9.59 Å². The molecule has 0 heterocycles. The first kappa shape index (κ1) is 18.9.